The van der Waals surface area contributed by atoms with Crippen molar-refractivity contribution in [2.24, 2.45) is 0 Å². The highest BCUT2D eigenvalue weighted by Gasteiger charge is 2.35. The lowest BCUT2D eigenvalue weighted by Crippen LogP contribution is -2.32. The Kier molecular flexibility index (Phi) is 5.03. The maximum atomic E-state index is 14.1. The second-order valence-electron chi connectivity index (χ2n) is 9.28. The van der Waals surface area contributed by atoms with Crippen LogP contribution in [0.15, 0.2) is 35.2 Å². The number of rotatable bonds is 3. The van der Waals surface area contributed by atoms with Crippen LogP contribution in [0, 0.1) is 6.92 Å². The van der Waals surface area contributed by atoms with Gasteiger partial charge in [-0.3, -0.25) is 4.79 Å². The van der Waals surface area contributed by atoms with Crippen LogP contribution in [0.5, 0.6) is 0 Å². The van der Waals surface area contributed by atoms with E-state index in [-0.39, 0.29) is 23.5 Å². The number of hydrogen-bond donors (Lipinski definition) is 0. The number of benzene rings is 1. The summed E-state index contributed by atoms with van der Waals surface area (Å²) in [6, 6.07) is 9.82. The number of aromatic nitrogens is 3. The summed E-state index contributed by atoms with van der Waals surface area (Å²) in [6.07, 6.45) is 3.60. The molecule has 7 nitrogen and oxygen atoms in total. The Morgan fingerprint density at radius 2 is 2.00 bits per heavy atom. The van der Waals surface area contributed by atoms with Gasteiger partial charge in [0.1, 0.15) is 0 Å². The standard InChI is InChI=1S/C24H26N4O3S2/c1-15-22-18(24(29)27-10-4-11-32-21-6-3-2-5-20(21)27)13-19(16-7-8-16)25-23(22)28(26-15)17-9-12-33(30,31)14-17/h2-3,5-6,13,16-17H,4,7-12,14H2,1H3/t17-/m1/s1. The zero-order valence-corrected chi connectivity index (χ0v) is 20.2. The van der Waals surface area contributed by atoms with E-state index in [2.05, 4.69) is 6.07 Å². The molecule has 6 rings (SSSR count). The monoisotopic (exact) mass is 482 g/mol. The fourth-order valence-electron chi connectivity index (χ4n) is 5.00. The van der Waals surface area contributed by atoms with Gasteiger partial charge in [0, 0.05) is 23.1 Å². The Morgan fingerprint density at radius 3 is 2.76 bits per heavy atom. The van der Waals surface area contributed by atoms with Crippen molar-refractivity contribution < 1.29 is 13.2 Å². The molecule has 0 bridgehead atoms. The molecule has 0 N–H and O–H groups in total. The van der Waals surface area contributed by atoms with E-state index in [1.54, 1.807) is 16.4 Å². The lowest BCUT2D eigenvalue weighted by Gasteiger charge is -2.23. The van der Waals surface area contributed by atoms with Crippen LogP contribution in [0.2, 0.25) is 0 Å². The molecule has 2 fully saturated rings. The Labute approximate surface area is 197 Å². The summed E-state index contributed by atoms with van der Waals surface area (Å²) in [5, 5.41) is 5.48. The first-order valence-electron chi connectivity index (χ1n) is 11.6. The molecule has 172 valence electrons. The minimum atomic E-state index is -3.06. The first-order valence-corrected chi connectivity index (χ1v) is 14.4. The van der Waals surface area contributed by atoms with Gasteiger partial charge in [-0.2, -0.15) is 5.10 Å². The van der Waals surface area contributed by atoms with E-state index in [1.807, 2.05) is 36.1 Å². The Bertz CT molecular complexity index is 1380. The van der Waals surface area contributed by atoms with Crippen LogP contribution >= 0.6 is 11.8 Å². The van der Waals surface area contributed by atoms with E-state index < -0.39 is 9.84 Å². The van der Waals surface area contributed by atoms with Gasteiger partial charge in [-0.25, -0.2) is 18.1 Å². The summed E-state index contributed by atoms with van der Waals surface area (Å²) >= 11 is 1.79. The molecule has 1 amide bonds. The summed E-state index contributed by atoms with van der Waals surface area (Å²) in [6.45, 7) is 2.56. The molecule has 4 heterocycles. The first kappa shape index (κ1) is 21.2. The van der Waals surface area contributed by atoms with Crippen LogP contribution in [0.25, 0.3) is 11.0 Å². The van der Waals surface area contributed by atoms with E-state index in [0.717, 1.165) is 52.4 Å². The quantitative estimate of drug-likeness (QED) is 0.558. The predicted molar refractivity (Wildman–Crippen MR) is 130 cm³/mol. The molecule has 9 heteroatoms. The summed E-state index contributed by atoms with van der Waals surface area (Å²) in [5.41, 5.74) is 3.89. The number of para-hydroxylation sites is 1. The number of anilines is 1. The van der Waals surface area contributed by atoms with Crippen molar-refractivity contribution in [3.8, 4) is 0 Å². The molecular formula is C24H26N4O3S2. The zero-order chi connectivity index (χ0) is 22.7. The van der Waals surface area contributed by atoms with Crippen molar-refractivity contribution >= 4 is 44.2 Å². The molecule has 33 heavy (non-hydrogen) atoms. The van der Waals surface area contributed by atoms with Crippen LogP contribution in [0.4, 0.5) is 5.69 Å². The topological polar surface area (TPSA) is 85.2 Å². The van der Waals surface area contributed by atoms with Gasteiger partial charge in [0.15, 0.2) is 15.5 Å². The fraction of sp³-hybridized carbons (Fsp3) is 0.458. The molecular weight excluding hydrogens is 456 g/mol. The Balaban J connectivity index is 1.51. The smallest absolute Gasteiger partial charge is 0.259 e. The van der Waals surface area contributed by atoms with Crippen LogP contribution in [-0.2, 0) is 9.84 Å². The largest absolute Gasteiger partial charge is 0.307 e. The highest BCUT2D eigenvalue weighted by atomic mass is 32.2. The third kappa shape index (κ3) is 3.75. The molecule has 3 aromatic rings. The highest BCUT2D eigenvalue weighted by Crippen LogP contribution is 2.42. The maximum absolute atomic E-state index is 14.1. The second kappa shape index (κ2) is 7.84. The minimum absolute atomic E-state index is 0.0269. The molecule has 2 aliphatic heterocycles. The molecule has 3 aliphatic rings. The average Bonchev–Trinajstić information content (AvgIpc) is 3.55. The van der Waals surface area contributed by atoms with Crippen LogP contribution < -0.4 is 4.90 Å². The average molecular weight is 483 g/mol. The van der Waals surface area contributed by atoms with Crippen molar-refractivity contribution in [2.45, 2.75) is 49.5 Å². The summed E-state index contributed by atoms with van der Waals surface area (Å²) in [4.78, 5) is 22.0. The van der Waals surface area contributed by atoms with Gasteiger partial charge >= 0.3 is 0 Å². The number of thioether (sulfide) groups is 1. The van der Waals surface area contributed by atoms with Gasteiger partial charge in [-0.1, -0.05) is 12.1 Å². The van der Waals surface area contributed by atoms with E-state index in [9.17, 15) is 13.2 Å². The SMILES string of the molecule is Cc1nn([C@@H]2CCS(=O)(=O)C2)c2nc(C3CC3)cc(C(=O)N3CCCSc4ccccc43)c12. The Hall–Kier alpha value is -2.39. The van der Waals surface area contributed by atoms with E-state index in [4.69, 9.17) is 10.1 Å². The fourth-order valence-corrected chi connectivity index (χ4v) is 7.68. The third-order valence-corrected chi connectivity index (χ3v) is 9.72. The molecule has 1 saturated carbocycles. The maximum Gasteiger partial charge on any atom is 0.259 e. The normalized spacial score (nSPS) is 22.3. The van der Waals surface area contributed by atoms with Gasteiger partial charge in [0.2, 0.25) is 0 Å². The van der Waals surface area contributed by atoms with Crippen molar-refractivity contribution in [1.82, 2.24) is 14.8 Å². The zero-order valence-electron chi connectivity index (χ0n) is 18.5. The van der Waals surface area contributed by atoms with Crippen molar-refractivity contribution in [2.75, 3.05) is 28.7 Å². The molecule has 0 unspecified atom stereocenters. The minimum Gasteiger partial charge on any atom is -0.307 e. The van der Waals surface area contributed by atoms with Crippen molar-refractivity contribution in [3.63, 3.8) is 0 Å². The second-order valence-corrected chi connectivity index (χ2v) is 12.6. The lowest BCUT2D eigenvalue weighted by molar-refractivity contribution is 0.0988. The highest BCUT2D eigenvalue weighted by molar-refractivity contribution is 7.99. The molecule has 1 saturated heterocycles. The molecule has 0 spiro atoms. The van der Waals surface area contributed by atoms with Gasteiger partial charge in [-0.15, -0.1) is 11.8 Å². The molecule has 1 aromatic carbocycles. The van der Waals surface area contributed by atoms with E-state index in [1.165, 1.54) is 0 Å². The number of pyridine rings is 1. The van der Waals surface area contributed by atoms with E-state index in [0.29, 0.717) is 30.1 Å². The van der Waals surface area contributed by atoms with Gasteiger partial charge in [0.25, 0.3) is 5.91 Å². The number of nitrogens with zero attached hydrogens (tertiary/aromatic N) is 4. The predicted octanol–water partition coefficient (Wildman–Crippen LogP) is 4.12. The summed E-state index contributed by atoms with van der Waals surface area (Å²) in [7, 11) is -3.06. The molecule has 1 atom stereocenters. The number of aryl methyl sites for hydroxylation is 1. The number of carbonyl (C=O) groups is 1. The number of sulfone groups is 1. The third-order valence-electron chi connectivity index (χ3n) is 6.82. The van der Waals surface area contributed by atoms with Gasteiger partial charge in [-0.05, 0) is 56.6 Å². The lowest BCUT2D eigenvalue weighted by atomic mass is 10.1. The summed E-state index contributed by atoms with van der Waals surface area (Å²) < 4.78 is 26.1. The number of amides is 1. The summed E-state index contributed by atoms with van der Waals surface area (Å²) in [5.74, 6) is 1.57. The van der Waals surface area contributed by atoms with Gasteiger partial charge < -0.3 is 4.90 Å². The van der Waals surface area contributed by atoms with Crippen molar-refractivity contribution in [1.29, 1.82) is 0 Å². The van der Waals surface area contributed by atoms with Gasteiger partial charge in [0.05, 0.1) is 39.9 Å². The molecule has 0 radical (unpaired) electrons. The number of fused-ring (bicyclic) bond motifs is 2. The molecule has 1 aliphatic carbocycles. The number of carbonyl (C=O) groups excluding carboxylic acids is 1. The van der Waals surface area contributed by atoms with Crippen molar-refractivity contribution in [3.05, 3.63) is 47.3 Å². The van der Waals surface area contributed by atoms with Crippen LogP contribution in [-0.4, -0.2) is 52.9 Å². The Morgan fingerprint density at radius 1 is 1.18 bits per heavy atom. The van der Waals surface area contributed by atoms with Crippen LogP contribution in [0.3, 0.4) is 0 Å². The van der Waals surface area contributed by atoms with E-state index >= 15 is 0 Å². The molecule has 2 aromatic heterocycles. The number of hydrogen-bond acceptors (Lipinski definition) is 6. The first-order chi connectivity index (χ1) is 15.9. The van der Waals surface area contributed by atoms with Crippen LogP contribution in [0.1, 0.15) is 59.4 Å².